The van der Waals surface area contributed by atoms with Gasteiger partial charge in [-0.15, -0.1) is 10.2 Å². The van der Waals surface area contributed by atoms with Crippen molar-refractivity contribution < 1.29 is 19.1 Å². The number of aryl methyl sites for hydroxylation is 6. The van der Waals surface area contributed by atoms with E-state index in [0.717, 1.165) is 55.9 Å². The second kappa shape index (κ2) is 17.8. The molecule has 0 aliphatic heterocycles. The standard InChI is InChI=1S/C48H56N6O4/c1-31-26-33(3)41(34(4)27-31)43(49-37-20-15-13-16-21-37)51-53(45(55)57-47(7,8)9)39-24-19-25-40(30-39)54(46(56)58-48(10,11)12)52-44(50-38-22-17-14-18-23-38)42-35(5)28-32(2)29-36(42)6/h13-30H,1-12H3,(H,49,51)(H,50,52). The van der Waals surface area contributed by atoms with Gasteiger partial charge >= 0.3 is 12.2 Å². The Kier molecular flexibility index (Phi) is 13.1. The Balaban J connectivity index is 1.75. The maximum absolute atomic E-state index is 14.3. The summed E-state index contributed by atoms with van der Waals surface area (Å²) in [6, 6.07) is 34.5. The molecule has 0 radical (unpaired) electrons. The second-order valence-corrected chi connectivity index (χ2v) is 16.5. The number of hydrogen-bond donors (Lipinski definition) is 2. The fourth-order valence-electron chi connectivity index (χ4n) is 6.67. The van der Waals surface area contributed by atoms with Crippen LogP contribution in [-0.2, 0) is 9.47 Å². The number of hydrazone groups is 2. The van der Waals surface area contributed by atoms with Gasteiger partial charge in [0.15, 0.2) is 11.7 Å². The van der Waals surface area contributed by atoms with Crippen LogP contribution < -0.4 is 20.7 Å². The molecule has 0 bridgehead atoms. The number of carbonyl (C=O) groups excluding carboxylic acids is 2. The SMILES string of the molecule is Cc1cc(C)c(/C(=N/N(C(=O)OC(C)(C)C)c2cccc(N(/N=C(\Nc3ccccc3)c3c(C)cc(C)cc3C)C(=O)OC(C)(C)C)c2)Nc2ccccc2)c(C)c1. The highest BCUT2D eigenvalue weighted by atomic mass is 16.6. The smallest absolute Gasteiger partial charge is 0.435 e. The van der Waals surface area contributed by atoms with E-state index >= 15 is 0 Å². The summed E-state index contributed by atoms with van der Waals surface area (Å²) >= 11 is 0. The van der Waals surface area contributed by atoms with Crippen LogP contribution in [0.5, 0.6) is 0 Å². The molecule has 0 heterocycles. The number of carbonyl (C=O) groups is 2. The Morgan fingerprint density at radius 3 is 1.12 bits per heavy atom. The summed E-state index contributed by atoms with van der Waals surface area (Å²) in [5, 5.41) is 19.4. The van der Waals surface area contributed by atoms with Crippen molar-refractivity contribution in [3.8, 4) is 0 Å². The van der Waals surface area contributed by atoms with Gasteiger partial charge in [0.1, 0.15) is 11.2 Å². The summed E-state index contributed by atoms with van der Waals surface area (Å²) in [4.78, 5) is 28.6. The molecule has 10 nitrogen and oxygen atoms in total. The normalized spacial score (nSPS) is 12.1. The van der Waals surface area contributed by atoms with Crippen LogP contribution in [-0.4, -0.2) is 35.1 Å². The molecule has 0 aromatic heterocycles. The van der Waals surface area contributed by atoms with Crippen LogP contribution in [0, 0.1) is 41.5 Å². The van der Waals surface area contributed by atoms with E-state index in [2.05, 4.69) is 34.9 Å². The number of amidine groups is 2. The first kappa shape index (κ1) is 42.7. The van der Waals surface area contributed by atoms with Gasteiger partial charge in [0.25, 0.3) is 0 Å². The van der Waals surface area contributed by atoms with Crippen molar-refractivity contribution in [1.82, 2.24) is 0 Å². The number of nitrogens with zero attached hydrogens (tertiary/aromatic N) is 4. The number of rotatable bonds is 8. The highest BCUT2D eigenvalue weighted by molar-refractivity contribution is 6.13. The van der Waals surface area contributed by atoms with Gasteiger partial charge in [-0.2, -0.15) is 10.0 Å². The third kappa shape index (κ3) is 11.3. The van der Waals surface area contributed by atoms with Crippen molar-refractivity contribution >= 4 is 46.6 Å². The van der Waals surface area contributed by atoms with E-state index in [1.165, 1.54) is 10.0 Å². The van der Waals surface area contributed by atoms with Crippen molar-refractivity contribution in [2.45, 2.75) is 94.3 Å². The van der Waals surface area contributed by atoms with Crippen molar-refractivity contribution in [3.63, 3.8) is 0 Å². The van der Waals surface area contributed by atoms with E-state index in [1.807, 2.05) is 102 Å². The van der Waals surface area contributed by atoms with Crippen LogP contribution in [0.1, 0.15) is 86.1 Å². The van der Waals surface area contributed by atoms with Gasteiger partial charge < -0.3 is 20.1 Å². The molecule has 5 rings (SSSR count). The molecule has 2 amide bonds. The monoisotopic (exact) mass is 780 g/mol. The minimum atomic E-state index is -0.847. The zero-order valence-corrected chi connectivity index (χ0v) is 35.8. The predicted octanol–water partition coefficient (Wildman–Crippen LogP) is 12.0. The highest BCUT2D eigenvalue weighted by Gasteiger charge is 2.29. The molecule has 0 fully saturated rings. The van der Waals surface area contributed by atoms with Crippen molar-refractivity contribution in [2.75, 3.05) is 20.7 Å². The molecule has 5 aromatic carbocycles. The lowest BCUT2D eigenvalue weighted by atomic mass is 9.99. The maximum atomic E-state index is 14.3. The quantitative estimate of drug-likeness (QED) is 0.0922. The summed E-state index contributed by atoms with van der Waals surface area (Å²) in [7, 11) is 0. The van der Waals surface area contributed by atoms with E-state index in [-0.39, 0.29) is 0 Å². The van der Waals surface area contributed by atoms with Gasteiger partial charge in [-0.25, -0.2) is 9.59 Å². The molecule has 0 saturated heterocycles. The fraction of sp³-hybridized carbons (Fsp3) is 0.292. The first-order chi connectivity index (χ1) is 27.3. The van der Waals surface area contributed by atoms with Gasteiger partial charge in [-0.3, -0.25) is 0 Å². The Hall–Kier alpha value is -6.42. The Morgan fingerprint density at radius 2 is 0.810 bits per heavy atom. The summed E-state index contributed by atoms with van der Waals surface area (Å²) in [5.41, 5.74) is 8.30. The van der Waals surface area contributed by atoms with Gasteiger partial charge in [0, 0.05) is 22.5 Å². The minimum Gasteiger partial charge on any atom is -0.442 e. The third-order valence-electron chi connectivity index (χ3n) is 8.75. The number of hydrogen-bond acceptors (Lipinski definition) is 6. The first-order valence-corrected chi connectivity index (χ1v) is 19.4. The van der Waals surface area contributed by atoms with E-state index in [4.69, 9.17) is 19.7 Å². The lowest BCUT2D eigenvalue weighted by Crippen LogP contribution is -2.37. The molecule has 58 heavy (non-hydrogen) atoms. The number of nitrogens with one attached hydrogen (secondary N) is 2. The van der Waals surface area contributed by atoms with Crippen molar-refractivity contribution in [2.24, 2.45) is 10.2 Å². The van der Waals surface area contributed by atoms with Crippen LogP contribution in [0.25, 0.3) is 0 Å². The number of ether oxygens (including phenoxy) is 2. The minimum absolute atomic E-state index is 0.325. The van der Waals surface area contributed by atoms with E-state index in [1.54, 1.807) is 65.8 Å². The number of anilines is 4. The van der Waals surface area contributed by atoms with Gasteiger partial charge in [-0.05, 0) is 148 Å². The molecule has 0 atom stereocenters. The summed E-state index contributed by atoms with van der Waals surface area (Å²) in [5.74, 6) is 0.860. The average molecular weight is 781 g/mol. The van der Waals surface area contributed by atoms with Gasteiger partial charge in [0.05, 0.1) is 11.4 Å². The Morgan fingerprint density at radius 1 is 0.483 bits per heavy atom. The molecular formula is C48H56N6O4. The molecule has 0 spiro atoms. The lowest BCUT2D eigenvalue weighted by molar-refractivity contribution is 0.0572. The summed E-state index contributed by atoms with van der Waals surface area (Å²) < 4.78 is 11.9. The highest BCUT2D eigenvalue weighted by Crippen LogP contribution is 2.30. The topological polar surface area (TPSA) is 108 Å². The molecule has 302 valence electrons. The van der Waals surface area contributed by atoms with Crippen molar-refractivity contribution in [1.29, 1.82) is 0 Å². The number of amides is 2. The molecule has 0 saturated carbocycles. The first-order valence-electron chi connectivity index (χ1n) is 19.4. The van der Waals surface area contributed by atoms with Gasteiger partial charge in [0.2, 0.25) is 0 Å². The number of benzene rings is 5. The third-order valence-corrected chi connectivity index (χ3v) is 8.75. The fourth-order valence-corrected chi connectivity index (χ4v) is 6.67. The van der Waals surface area contributed by atoms with Crippen LogP contribution >= 0.6 is 0 Å². The van der Waals surface area contributed by atoms with Crippen LogP contribution in [0.4, 0.5) is 32.3 Å². The molecule has 2 N–H and O–H groups in total. The molecule has 10 heteroatoms. The molecule has 5 aromatic rings. The molecule has 0 unspecified atom stereocenters. The maximum Gasteiger partial charge on any atom is 0.435 e. The molecule has 0 aliphatic carbocycles. The zero-order chi connectivity index (χ0) is 42.4. The summed E-state index contributed by atoms with van der Waals surface area (Å²) in [6.45, 7) is 23.0. The Labute approximate surface area is 343 Å². The van der Waals surface area contributed by atoms with Crippen LogP contribution in [0.3, 0.4) is 0 Å². The van der Waals surface area contributed by atoms with Crippen LogP contribution in [0.2, 0.25) is 0 Å². The average Bonchev–Trinajstić information content (AvgIpc) is 3.11. The summed E-state index contributed by atoms with van der Waals surface area (Å²) in [6.07, 6.45) is -1.44. The second-order valence-electron chi connectivity index (χ2n) is 16.5. The Bertz CT molecular complexity index is 2120. The zero-order valence-electron chi connectivity index (χ0n) is 35.8. The predicted molar refractivity (Wildman–Crippen MR) is 238 cm³/mol. The largest absolute Gasteiger partial charge is 0.442 e. The molecule has 0 aliphatic rings. The lowest BCUT2D eigenvalue weighted by Gasteiger charge is -2.28. The van der Waals surface area contributed by atoms with Gasteiger partial charge in [-0.1, -0.05) is 77.9 Å². The number of para-hydroxylation sites is 2. The van der Waals surface area contributed by atoms with Crippen LogP contribution in [0.15, 0.2) is 119 Å². The van der Waals surface area contributed by atoms with E-state index in [9.17, 15) is 9.59 Å². The van der Waals surface area contributed by atoms with E-state index in [0.29, 0.717) is 23.0 Å². The van der Waals surface area contributed by atoms with Crippen molar-refractivity contribution in [3.05, 3.63) is 154 Å². The van der Waals surface area contributed by atoms with E-state index < -0.39 is 23.4 Å². The molecular weight excluding hydrogens is 725 g/mol.